The zero-order valence-corrected chi connectivity index (χ0v) is 11.0. The first-order valence-corrected chi connectivity index (χ1v) is 6.44. The van der Waals surface area contributed by atoms with E-state index in [0.29, 0.717) is 0 Å². The molecule has 3 rings (SSSR count). The molecule has 0 N–H and O–H groups in total. The third-order valence-corrected chi connectivity index (χ3v) is 3.29. The van der Waals surface area contributed by atoms with Crippen molar-refractivity contribution >= 4 is 11.6 Å². The van der Waals surface area contributed by atoms with Gasteiger partial charge in [-0.3, -0.25) is 0 Å². The molecule has 1 heteroatoms. The quantitative estimate of drug-likeness (QED) is 0.708. The van der Waals surface area contributed by atoms with Gasteiger partial charge in [0.05, 0.1) is 0 Å². The number of fused-ring (bicyclic) bond motifs is 1. The molecule has 0 fully saturated rings. The van der Waals surface area contributed by atoms with Gasteiger partial charge in [0, 0.05) is 11.1 Å². The van der Waals surface area contributed by atoms with Crippen LogP contribution in [-0.4, -0.2) is 6.10 Å². The van der Waals surface area contributed by atoms with E-state index < -0.39 is 0 Å². The Bertz CT molecular complexity index is 638. The first-order chi connectivity index (χ1) is 9.25. The molecule has 19 heavy (non-hydrogen) atoms. The van der Waals surface area contributed by atoms with Gasteiger partial charge in [0.2, 0.25) is 0 Å². The van der Waals surface area contributed by atoms with Gasteiger partial charge in [0.15, 0.2) is 0 Å². The normalized spacial score (nSPS) is 19.0. The number of ether oxygens (including phenoxy) is 1. The van der Waals surface area contributed by atoms with Gasteiger partial charge >= 0.3 is 0 Å². The van der Waals surface area contributed by atoms with Gasteiger partial charge < -0.3 is 4.74 Å². The summed E-state index contributed by atoms with van der Waals surface area (Å²) in [7, 11) is 0. The van der Waals surface area contributed by atoms with E-state index in [1.54, 1.807) is 0 Å². The fourth-order valence-electron chi connectivity index (χ4n) is 2.39. The van der Waals surface area contributed by atoms with Crippen LogP contribution >= 0.6 is 0 Å². The summed E-state index contributed by atoms with van der Waals surface area (Å²) < 4.78 is 5.99. The summed E-state index contributed by atoms with van der Waals surface area (Å²) in [4.78, 5) is 0. The average Bonchev–Trinajstić information content (AvgIpc) is 2.79. The third kappa shape index (κ3) is 2.19. The van der Waals surface area contributed by atoms with E-state index in [0.717, 1.165) is 11.3 Å². The Kier molecular flexibility index (Phi) is 2.96. The van der Waals surface area contributed by atoms with Crippen LogP contribution in [0.25, 0.3) is 11.6 Å². The van der Waals surface area contributed by atoms with E-state index in [1.165, 1.54) is 16.7 Å². The molecule has 0 saturated carbocycles. The van der Waals surface area contributed by atoms with Crippen LogP contribution < -0.4 is 4.74 Å². The molecule has 0 aromatic heterocycles. The average molecular weight is 248 g/mol. The molecule has 2 aromatic rings. The smallest absolute Gasteiger partial charge is 0.145 e. The zero-order chi connectivity index (χ0) is 13.2. The van der Waals surface area contributed by atoms with Crippen LogP contribution in [0.3, 0.4) is 0 Å². The fraction of sp³-hybridized carbons (Fsp3) is 0.111. The van der Waals surface area contributed by atoms with Crippen molar-refractivity contribution in [2.45, 2.75) is 13.0 Å². The van der Waals surface area contributed by atoms with Gasteiger partial charge in [-0.2, -0.15) is 0 Å². The topological polar surface area (TPSA) is 9.23 Å². The van der Waals surface area contributed by atoms with Crippen LogP contribution in [0.4, 0.5) is 0 Å². The van der Waals surface area contributed by atoms with Gasteiger partial charge in [0.1, 0.15) is 11.9 Å². The molecule has 0 unspecified atom stereocenters. The summed E-state index contributed by atoms with van der Waals surface area (Å²) in [6, 6.07) is 18.5. The zero-order valence-electron chi connectivity index (χ0n) is 11.0. The van der Waals surface area contributed by atoms with Crippen molar-refractivity contribution in [1.29, 1.82) is 0 Å². The molecule has 1 nitrogen and oxygen atoms in total. The molecule has 0 bridgehead atoms. The second-order valence-electron chi connectivity index (χ2n) is 4.85. The minimum atomic E-state index is -0.0439. The largest absolute Gasteiger partial charge is 0.481 e. The standard InChI is InChI=1S/C18H16O/c1-13(2)18-16(12-14-8-4-3-5-9-14)15-10-6-7-11-17(15)19-18/h3-12,18H,1H2,2H3/b16-12+/t18-/m1/s1. The number of benzene rings is 2. The molecule has 0 saturated heterocycles. The molecule has 1 aliphatic rings. The molecule has 1 atom stereocenters. The van der Waals surface area contributed by atoms with E-state index >= 15 is 0 Å². The predicted molar refractivity (Wildman–Crippen MR) is 80.0 cm³/mol. The van der Waals surface area contributed by atoms with Crippen LogP contribution in [-0.2, 0) is 0 Å². The molecule has 0 amide bonds. The molecule has 0 spiro atoms. The van der Waals surface area contributed by atoms with Gasteiger partial charge in [0.25, 0.3) is 0 Å². The maximum Gasteiger partial charge on any atom is 0.145 e. The van der Waals surface area contributed by atoms with Gasteiger partial charge in [-0.1, -0.05) is 55.1 Å². The summed E-state index contributed by atoms with van der Waals surface area (Å²) in [6.45, 7) is 6.06. The van der Waals surface area contributed by atoms with Gasteiger partial charge in [-0.25, -0.2) is 0 Å². The van der Waals surface area contributed by atoms with Gasteiger partial charge in [-0.15, -0.1) is 0 Å². The Labute approximate surface area is 113 Å². The van der Waals surface area contributed by atoms with Crippen molar-refractivity contribution in [2.75, 3.05) is 0 Å². The van der Waals surface area contributed by atoms with Crippen LogP contribution in [0.2, 0.25) is 0 Å². The fourth-order valence-corrected chi connectivity index (χ4v) is 2.39. The molecule has 1 aliphatic heterocycles. The number of hydrogen-bond acceptors (Lipinski definition) is 1. The molecule has 2 aromatic carbocycles. The summed E-state index contributed by atoms with van der Waals surface area (Å²) in [5, 5.41) is 0. The Morgan fingerprint density at radius 3 is 2.47 bits per heavy atom. The van der Waals surface area contributed by atoms with Gasteiger partial charge in [-0.05, 0) is 30.2 Å². The summed E-state index contributed by atoms with van der Waals surface area (Å²) >= 11 is 0. The lowest BCUT2D eigenvalue weighted by Gasteiger charge is -2.12. The van der Waals surface area contributed by atoms with Crippen molar-refractivity contribution in [3.63, 3.8) is 0 Å². The lowest BCUT2D eigenvalue weighted by Crippen LogP contribution is -2.12. The number of hydrogen-bond donors (Lipinski definition) is 0. The SMILES string of the molecule is C=C(C)[C@H]1Oc2ccccc2/C1=C\c1ccccc1. The lowest BCUT2D eigenvalue weighted by atomic mass is 9.96. The first kappa shape index (κ1) is 11.8. The summed E-state index contributed by atoms with van der Waals surface area (Å²) in [5.41, 5.74) is 4.57. The van der Waals surface area contributed by atoms with E-state index in [1.807, 2.05) is 43.3 Å². The summed E-state index contributed by atoms with van der Waals surface area (Å²) in [5.74, 6) is 0.942. The highest BCUT2D eigenvalue weighted by molar-refractivity contribution is 5.90. The minimum absolute atomic E-state index is 0.0439. The molecule has 94 valence electrons. The minimum Gasteiger partial charge on any atom is -0.481 e. The van der Waals surface area contributed by atoms with Crippen LogP contribution in [0.15, 0.2) is 66.7 Å². The Morgan fingerprint density at radius 2 is 1.74 bits per heavy atom. The van der Waals surface area contributed by atoms with Crippen LogP contribution in [0, 0.1) is 0 Å². The monoisotopic (exact) mass is 248 g/mol. The van der Waals surface area contributed by atoms with E-state index in [9.17, 15) is 0 Å². The van der Waals surface area contributed by atoms with Crippen molar-refractivity contribution in [3.8, 4) is 5.75 Å². The molecule has 0 radical (unpaired) electrons. The van der Waals surface area contributed by atoms with E-state index in [2.05, 4.69) is 30.9 Å². The molecular formula is C18H16O. The second-order valence-corrected chi connectivity index (χ2v) is 4.85. The Balaban J connectivity index is 2.10. The van der Waals surface area contributed by atoms with Crippen molar-refractivity contribution in [3.05, 3.63) is 77.9 Å². The second kappa shape index (κ2) is 4.77. The molecular weight excluding hydrogens is 232 g/mol. The van der Waals surface area contributed by atoms with Crippen LogP contribution in [0.1, 0.15) is 18.1 Å². The highest BCUT2D eigenvalue weighted by Crippen LogP contribution is 2.40. The Morgan fingerprint density at radius 1 is 1.05 bits per heavy atom. The van der Waals surface area contributed by atoms with Crippen molar-refractivity contribution in [1.82, 2.24) is 0 Å². The third-order valence-electron chi connectivity index (χ3n) is 3.29. The number of para-hydroxylation sites is 1. The highest BCUT2D eigenvalue weighted by atomic mass is 16.5. The first-order valence-electron chi connectivity index (χ1n) is 6.44. The summed E-state index contributed by atoms with van der Waals surface area (Å²) in [6.07, 6.45) is 2.14. The van der Waals surface area contributed by atoms with E-state index in [-0.39, 0.29) is 6.10 Å². The Hall–Kier alpha value is -2.28. The lowest BCUT2D eigenvalue weighted by molar-refractivity contribution is 0.312. The molecule has 1 heterocycles. The predicted octanol–water partition coefficient (Wildman–Crippen LogP) is 4.56. The van der Waals surface area contributed by atoms with E-state index in [4.69, 9.17) is 4.74 Å². The maximum absolute atomic E-state index is 5.99. The molecule has 0 aliphatic carbocycles. The highest BCUT2D eigenvalue weighted by Gasteiger charge is 2.28. The maximum atomic E-state index is 5.99. The number of rotatable bonds is 2. The van der Waals surface area contributed by atoms with Crippen molar-refractivity contribution < 1.29 is 4.74 Å². The van der Waals surface area contributed by atoms with Crippen LogP contribution in [0.5, 0.6) is 5.75 Å². The van der Waals surface area contributed by atoms with Crippen molar-refractivity contribution in [2.24, 2.45) is 0 Å².